The number of aromatic nitrogens is 3. The van der Waals surface area contributed by atoms with Crippen LogP contribution in [0.2, 0.25) is 0 Å². The molecule has 20 nitrogen and oxygen atoms in total. The number of amides is 2. The summed E-state index contributed by atoms with van der Waals surface area (Å²) >= 11 is 0. The number of carbonyl (C=O) groups is 1. The van der Waals surface area contributed by atoms with Crippen LogP contribution in [0.15, 0.2) is 18.5 Å². The number of fused-ring (bicyclic) bond motifs is 1. The first-order valence-corrected chi connectivity index (χ1v) is 15.6. The average molecular weight is 630 g/mol. The van der Waals surface area contributed by atoms with E-state index in [1.165, 1.54) is 17.0 Å². The summed E-state index contributed by atoms with van der Waals surface area (Å²) in [6.07, 6.45) is -4.63. The van der Waals surface area contributed by atoms with Crippen molar-refractivity contribution in [3.05, 3.63) is 24.2 Å². The zero-order valence-corrected chi connectivity index (χ0v) is 23.3. The number of hydrogen-bond acceptors (Lipinski definition) is 13. The standard InChI is InChI=1S/C17H25N6O14P3/c1-3-22(4-2)16(26)21-15-10-5-6-12(23(10)20-9-19-15)17(8-18)14(25)13(24)11(35-17)7-34-39(30,31)37-40(32,33)36-38(27,28)29/h5-6,9,11,13-14,24-25H,3-4,7H2,1-2H3,(H,30,31)(H,32,33)(H2,27,28,29)(H,19,20,21,26)/t11-,13-,14-,17+/m1/s1. The van der Waals surface area contributed by atoms with Crippen molar-refractivity contribution in [3.8, 4) is 6.07 Å². The molecule has 3 rings (SSSR count). The number of phosphoric acid groups is 3. The monoisotopic (exact) mass is 630 g/mol. The van der Waals surface area contributed by atoms with Crippen LogP contribution in [0.5, 0.6) is 0 Å². The molecule has 7 N–H and O–H groups in total. The van der Waals surface area contributed by atoms with E-state index < -0.39 is 60.0 Å². The van der Waals surface area contributed by atoms with Crippen LogP contribution in [0.25, 0.3) is 5.52 Å². The molecule has 222 valence electrons. The highest BCUT2D eigenvalue weighted by Crippen LogP contribution is 2.66. The summed E-state index contributed by atoms with van der Waals surface area (Å²) in [6.45, 7) is 3.24. The van der Waals surface area contributed by atoms with Gasteiger partial charge in [-0.2, -0.15) is 19.0 Å². The number of aliphatic hydroxyl groups excluding tert-OH is 2. The van der Waals surface area contributed by atoms with Crippen molar-refractivity contribution in [3.63, 3.8) is 0 Å². The molecule has 0 aliphatic carbocycles. The predicted octanol–water partition coefficient (Wildman–Crippen LogP) is -0.214. The average Bonchev–Trinajstić information content (AvgIpc) is 3.37. The van der Waals surface area contributed by atoms with Crippen molar-refractivity contribution in [2.45, 2.75) is 37.8 Å². The molecule has 0 saturated carbocycles. The summed E-state index contributed by atoms with van der Waals surface area (Å²) in [5.74, 6) is 0.0449. The summed E-state index contributed by atoms with van der Waals surface area (Å²) in [7, 11) is -17.0. The molecule has 40 heavy (non-hydrogen) atoms. The molecule has 2 amide bonds. The quantitative estimate of drug-likeness (QED) is 0.158. The van der Waals surface area contributed by atoms with E-state index in [1.807, 2.05) is 0 Å². The lowest BCUT2D eigenvalue weighted by molar-refractivity contribution is -0.0634. The zero-order valence-electron chi connectivity index (χ0n) is 20.6. The SMILES string of the molecule is CCN(CC)C(=O)Nc1ncnn2c([C@]3(C#N)O[C@H](COP(=O)(O)OP(=O)(O)OP(=O)(O)O)[C@@H](O)[C@H]3O)ccc12. The predicted molar refractivity (Wildman–Crippen MR) is 129 cm³/mol. The van der Waals surface area contributed by atoms with Crippen LogP contribution in [-0.2, 0) is 37.2 Å². The van der Waals surface area contributed by atoms with Crippen molar-refractivity contribution < 1.29 is 66.2 Å². The highest BCUT2D eigenvalue weighted by molar-refractivity contribution is 7.66. The molecule has 2 unspecified atom stereocenters. The first-order valence-electron chi connectivity index (χ1n) is 11.1. The second kappa shape index (κ2) is 11.9. The van der Waals surface area contributed by atoms with Gasteiger partial charge in [0.1, 0.15) is 36.2 Å². The number of ether oxygens (including phenoxy) is 1. The van der Waals surface area contributed by atoms with Gasteiger partial charge in [0.2, 0.25) is 5.60 Å². The number of aliphatic hydroxyl groups is 2. The van der Waals surface area contributed by atoms with Gasteiger partial charge in [0.25, 0.3) is 0 Å². The number of anilines is 1. The smallest absolute Gasteiger partial charge is 0.387 e. The topological polar surface area (TPSA) is 296 Å². The van der Waals surface area contributed by atoms with Gasteiger partial charge in [-0.1, -0.05) is 0 Å². The molecule has 1 aliphatic rings. The Morgan fingerprint density at radius 3 is 2.40 bits per heavy atom. The van der Waals surface area contributed by atoms with E-state index in [0.29, 0.717) is 13.1 Å². The Kier molecular flexibility index (Phi) is 9.56. The highest BCUT2D eigenvalue weighted by atomic mass is 31.3. The second-order valence-electron chi connectivity index (χ2n) is 8.05. The zero-order chi connectivity index (χ0) is 30.1. The van der Waals surface area contributed by atoms with Crippen LogP contribution in [-0.4, -0.2) is 93.3 Å². The van der Waals surface area contributed by atoms with Gasteiger partial charge in [0.05, 0.1) is 12.3 Å². The van der Waals surface area contributed by atoms with Crippen LogP contribution in [0, 0.1) is 11.3 Å². The van der Waals surface area contributed by atoms with Crippen LogP contribution in [0.3, 0.4) is 0 Å². The second-order valence-corrected chi connectivity index (χ2v) is 12.5. The fourth-order valence-corrected chi connectivity index (χ4v) is 6.82. The van der Waals surface area contributed by atoms with Crippen LogP contribution in [0.1, 0.15) is 19.5 Å². The van der Waals surface area contributed by atoms with Gasteiger partial charge in [-0.25, -0.2) is 28.0 Å². The van der Waals surface area contributed by atoms with Gasteiger partial charge in [-0.15, -0.1) is 0 Å². The van der Waals surface area contributed by atoms with Gasteiger partial charge in [0.15, 0.2) is 5.82 Å². The Hall–Kier alpha value is -2.33. The summed E-state index contributed by atoms with van der Waals surface area (Å²) in [5, 5.41) is 37.9. The third kappa shape index (κ3) is 6.93. The van der Waals surface area contributed by atoms with Crippen molar-refractivity contribution in [2.24, 2.45) is 0 Å². The van der Waals surface area contributed by atoms with Gasteiger partial charge in [-0.05, 0) is 26.0 Å². The number of nitrogens with zero attached hydrogens (tertiary/aromatic N) is 5. The fraction of sp³-hybridized carbons (Fsp3) is 0.529. The number of nitriles is 1. The minimum absolute atomic E-state index is 0.0449. The fourth-order valence-electron chi connectivity index (χ4n) is 3.79. The van der Waals surface area contributed by atoms with Crippen molar-refractivity contribution >= 4 is 40.8 Å². The van der Waals surface area contributed by atoms with Crippen LogP contribution in [0.4, 0.5) is 10.6 Å². The largest absolute Gasteiger partial charge is 0.490 e. The first kappa shape index (κ1) is 32.2. The Balaban J connectivity index is 1.85. The van der Waals surface area contributed by atoms with Gasteiger partial charge in [-0.3, -0.25) is 9.84 Å². The van der Waals surface area contributed by atoms with Gasteiger partial charge >= 0.3 is 29.5 Å². The molecule has 0 radical (unpaired) electrons. The van der Waals surface area contributed by atoms with Crippen LogP contribution >= 0.6 is 23.5 Å². The molecule has 3 heterocycles. The molecule has 2 aromatic rings. The molecule has 1 fully saturated rings. The van der Waals surface area contributed by atoms with E-state index in [4.69, 9.17) is 14.5 Å². The molecule has 1 aliphatic heterocycles. The highest BCUT2D eigenvalue weighted by Gasteiger charge is 2.58. The number of carbonyl (C=O) groups excluding carboxylic acids is 1. The first-order chi connectivity index (χ1) is 18.5. The molecule has 1 saturated heterocycles. The Bertz CT molecular complexity index is 1440. The number of urea groups is 1. The lowest BCUT2D eigenvalue weighted by atomic mass is 9.92. The molecule has 2 aromatic heterocycles. The number of nitrogens with one attached hydrogen (secondary N) is 1. The number of phosphoric ester groups is 1. The Labute approximate surface area is 225 Å². The lowest BCUT2D eigenvalue weighted by Crippen LogP contribution is -2.41. The van der Waals surface area contributed by atoms with Crippen molar-refractivity contribution in [1.29, 1.82) is 5.26 Å². The maximum atomic E-state index is 12.5. The minimum atomic E-state index is -5.80. The number of rotatable bonds is 11. The lowest BCUT2D eigenvalue weighted by Gasteiger charge is -2.24. The summed E-state index contributed by atoms with van der Waals surface area (Å²) in [5.41, 5.74) is -2.32. The van der Waals surface area contributed by atoms with E-state index in [1.54, 1.807) is 19.9 Å². The van der Waals surface area contributed by atoms with E-state index in [0.717, 1.165) is 10.8 Å². The molecule has 0 bridgehead atoms. The molecule has 23 heteroatoms. The number of hydrogen-bond donors (Lipinski definition) is 7. The third-order valence-corrected chi connectivity index (χ3v) is 9.35. The maximum absolute atomic E-state index is 12.5. The van der Waals surface area contributed by atoms with Gasteiger partial charge < -0.3 is 39.4 Å². The Morgan fingerprint density at radius 2 is 1.82 bits per heavy atom. The molecule has 0 aromatic carbocycles. The maximum Gasteiger partial charge on any atom is 0.490 e. The normalized spacial score (nSPS) is 26.1. The van der Waals surface area contributed by atoms with E-state index in [9.17, 15) is 43.8 Å². The minimum Gasteiger partial charge on any atom is -0.387 e. The summed E-state index contributed by atoms with van der Waals surface area (Å²) in [6, 6.07) is 3.94. The molecular formula is C17H25N6O14P3. The van der Waals surface area contributed by atoms with Gasteiger partial charge in [0, 0.05) is 13.1 Å². The third-order valence-electron chi connectivity index (χ3n) is 5.55. The van der Waals surface area contributed by atoms with E-state index in [2.05, 4.69) is 28.5 Å². The Morgan fingerprint density at radius 1 is 1.18 bits per heavy atom. The summed E-state index contributed by atoms with van der Waals surface area (Å²) < 4.78 is 52.6. The molecule has 0 spiro atoms. The van der Waals surface area contributed by atoms with Crippen LogP contribution < -0.4 is 5.32 Å². The van der Waals surface area contributed by atoms with E-state index >= 15 is 0 Å². The molecule has 6 atom stereocenters. The summed E-state index contributed by atoms with van der Waals surface area (Å²) in [4.78, 5) is 54.1. The van der Waals surface area contributed by atoms with Crippen molar-refractivity contribution in [1.82, 2.24) is 19.5 Å². The molecular weight excluding hydrogens is 605 g/mol. The van der Waals surface area contributed by atoms with E-state index in [-0.39, 0.29) is 17.0 Å². The van der Waals surface area contributed by atoms with Crippen molar-refractivity contribution in [2.75, 3.05) is 25.0 Å².